The van der Waals surface area contributed by atoms with E-state index in [0.717, 1.165) is 83.5 Å². The second kappa shape index (κ2) is 38.8. The molecule has 0 saturated carbocycles. The minimum Gasteiger partial charge on any atom is -0.387 e. The maximum Gasteiger partial charge on any atom is 0.267 e. The highest BCUT2D eigenvalue weighted by Gasteiger charge is 2.24. The number of allylic oxidation sites excluding steroid dienone is 9. The lowest BCUT2D eigenvalue weighted by Gasteiger charge is -2.21. The fourth-order valence-corrected chi connectivity index (χ4v) is 7.00. The van der Waals surface area contributed by atoms with Gasteiger partial charge in [-0.15, -0.1) is 0 Å². The first-order chi connectivity index (χ1) is 25.3. The van der Waals surface area contributed by atoms with Crippen LogP contribution < -0.4 is 5.32 Å². The summed E-state index contributed by atoms with van der Waals surface area (Å²) in [6.45, 7) is 4.42. The number of carbonyl (C=O) groups is 1. The van der Waals surface area contributed by atoms with Crippen LogP contribution in [0.1, 0.15) is 200 Å². The number of nitrogens with one attached hydrogen (secondary N) is 1. The van der Waals surface area contributed by atoms with Crippen molar-refractivity contribution in [1.29, 1.82) is 0 Å². The fraction of sp³-hybridized carbons (Fsp3) is 0.756. The number of aliphatic hydroxyl groups is 1. The topological polar surface area (TPSA) is 104 Å². The third-order valence-electron chi connectivity index (χ3n) is 9.45. The van der Waals surface area contributed by atoms with Crippen LogP contribution in [0.25, 0.3) is 0 Å². The summed E-state index contributed by atoms with van der Waals surface area (Å²) in [4.78, 5) is 12.5. The average molecular weight is 748 g/mol. The van der Waals surface area contributed by atoms with E-state index in [1.54, 1.807) is 6.08 Å². The van der Waals surface area contributed by atoms with Gasteiger partial charge in [0.2, 0.25) is 5.91 Å². The Hall–Kier alpha value is -1.96. The van der Waals surface area contributed by atoms with Crippen molar-refractivity contribution < 1.29 is 22.9 Å². The summed E-state index contributed by atoms with van der Waals surface area (Å²) < 4.78 is 32.5. The van der Waals surface area contributed by atoms with Crippen LogP contribution in [0.2, 0.25) is 0 Å². The molecule has 3 N–H and O–H groups in total. The number of rotatable bonds is 38. The molecule has 0 spiro atoms. The highest BCUT2D eigenvalue weighted by molar-refractivity contribution is 7.85. The van der Waals surface area contributed by atoms with Gasteiger partial charge in [-0.1, -0.05) is 197 Å². The Labute approximate surface area is 321 Å². The van der Waals surface area contributed by atoms with Crippen molar-refractivity contribution in [3.8, 4) is 0 Å². The first-order valence-corrected chi connectivity index (χ1v) is 23.1. The van der Waals surface area contributed by atoms with Crippen LogP contribution in [0.5, 0.6) is 0 Å². The summed E-state index contributed by atoms with van der Waals surface area (Å²) >= 11 is 0. The third-order valence-corrected chi connectivity index (χ3v) is 10.2. The number of unbranched alkanes of at least 4 members (excludes halogenated alkanes) is 22. The van der Waals surface area contributed by atoms with Gasteiger partial charge in [-0.05, 0) is 57.8 Å². The monoisotopic (exact) mass is 748 g/mol. The Balaban J connectivity index is 3.94. The predicted molar refractivity (Wildman–Crippen MR) is 225 cm³/mol. The second-order valence-electron chi connectivity index (χ2n) is 14.6. The molecular formula is C45H81NO5S. The zero-order valence-electron chi connectivity index (χ0n) is 33.7. The Morgan fingerprint density at radius 2 is 0.923 bits per heavy atom. The van der Waals surface area contributed by atoms with Crippen LogP contribution >= 0.6 is 0 Å². The summed E-state index contributed by atoms with van der Waals surface area (Å²) in [5, 5.41) is 13.2. The minimum atomic E-state index is -4.35. The first kappa shape index (κ1) is 50.0. The van der Waals surface area contributed by atoms with Crippen LogP contribution in [0, 0.1) is 0 Å². The zero-order valence-corrected chi connectivity index (χ0v) is 34.5. The fourth-order valence-electron chi connectivity index (χ4n) is 6.26. The molecule has 2 unspecified atom stereocenters. The standard InChI is InChI=1S/C45H81NO5S/c1-3-5-7-9-11-13-15-17-19-21-23-25-27-29-31-33-35-37-39-41-45(48)46-43(42-52(49,50)51)44(47)40-38-36-34-32-30-28-26-24-22-20-18-16-14-12-10-8-6-4-2/h5,7,11,13,17,19,23,25,38,40,43-44,47H,3-4,6,8-10,12,14-16,18,20-22,24,26-37,39,41-42H2,1-2H3,(H,46,48)(H,49,50,51)/b7-5-,13-11-,19-17-,25-23-,40-38+. The van der Waals surface area contributed by atoms with Crippen molar-refractivity contribution in [2.75, 3.05) is 5.75 Å². The minimum absolute atomic E-state index is 0.277. The maximum atomic E-state index is 12.5. The molecule has 0 radical (unpaired) electrons. The van der Waals surface area contributed by atoms with Gasteiger partial charge in [-0.3, -0.25) is 9.35 Å². The first-order valence-electron chi connectivity index (χ1n) is 21.5. The normalized spacial score (nSPS) is 13.8. The van der Waals surface area contributed by atoms with Gasteiger partial charge in [0.05, 0.1) is 17.9 Å². The number of amides is 1. The molecule has 0 rings (SSSR count). The molecule has 0 aliphatic carbocycles. The molecule has 0 aliphatic heterocycles. The molecule has 0 bridgehead atoms. The maximum absolute atomic E-state index is 12.5. The number of hydrogen-bond acceptors (Lipinski definition) is 4. The van der Waals surface area contributed by atoms with E-state index in [2.05, 4.69) is 67.8 Å². The Kier molecular flexibility index (Phi) is 37.3. The Morgan fingerprint density at radius 1 is 0.538 bits per heavy atom. The van der Waals surface area contributed by atoms with E-state index in [-0.39, 0.29) is 12.3 Å². The van der Waals surface area contributed by atoms with Gasteiger partial charge in [0.15, 0.2) is 0 Å². The van der Waals surface area contributed by atoms with E-state index >= 15 is 0 Å². The van der Waals surface area contributed by atoms with Gasteiger partial charge < -0.3 is 10.4 Å². The number of hydrogen-bond donors (Lipinski definition) is 3. The number of aliphatic hydroxyl groups excluding tert-OH is 1. The molecule has 0 saturated heterocycles. The molecule has 7 heteroatoms. The van der Waals surface area contributed by atoms with E-state index in [1.807, 2.05) is 6.08 Å². The van der Waals surface area contributed by atoms with Gasteiger partial charge in [-0.2, -0.15) is 8.42 Å². The smallest absolute Gasteiger partial charge is 0.267 e. The molecule has 0 aliphatic rings. The van der Waals surface area contributed by atoms with Crippen LogP contribution in [-0.4, -0.2) is 41.9 Å². The Morgan fingerprint density at radius 3 is 1.37 bits per heavy atom. The third kappa shape index (κ3) is 39.3. The van der Waals surface area contributed by atoms with E-state index < -0.39 is 28.0 Å². The quantitative estimate of drug-likeness (QED) is 0.0331. The molecule has 302 valence electrons. The average Bonchev–Trinajstić information content (AvgIpc) is 3.11. The van der Waals surface area contributed by atoms with Crippen molar-refractivity contribution in [3.05, 3.63) is 60.8 Å². The Bertz CT molecular complexity index is 1050. The summed E-state index contributed by atoms with van der Waals surface area (Å²) in [6, 6.07) is -1.07. The van der Waals surface area contributed by atoms with Crippen molar-refractivity contribution >= 4 is 16.0 Å². The molecule has 0 fully saturated rings. The van der Waals surface area contributed by atoms with Gasteiger partial charge in [0.1, 0.15) is 0 Å². The molecule has 6 nitrogen and oxygen atoms in total. The van der Waals surface area contributed by atoms with E-state index in [1.165, 1.54) is 89.9 Å². The lowest BCUT2D eigenvalue weighted by molar-refractivity contribution is -0.122. The molecule has 52 heavy (non-hydrogen) atoms. The molecule has 0 heterocycles. The molecule has 2 atom stereocenters. The molecular weight excluding hydrogens is 667 g/mol. The molecule has 0 aromatic heterocycles. The SMILES string of the molecule is CC/C=C\C/C=C\C/C=C\C/C=C\CCCCCCCCC(=O)NC(CS(=O)(=O)O)C(O)/C=C/CCCCCCCCCCCCCCCCCC. The largest absolute Gasteiger partial charge is 0.387 e. The van der Waals surface area contributed by atoms with Crippen LogP contribution in [-0.2, 0) is 14.9 Å². The van der Waals surface area contributed by atoms with Crippen molar-refractivity contribution in [2.45, 2.75) is 212 Å². The highest BCUT2D eigenvalue weighted by atomic mass is 32.2. The van der Waals surface area contributed by atoms with Gasteiger partial charge in [-0.25, -0.2) is 0 Å². The molecule has 0 aromatic carbocycles. The summed E-state index contributed by atoms with van der Waals surface area (Å²) in [5.41, 5.74) is 0. The predicted octanol–water partition coefficient (Wildman–Crippen LogP) is 12.9. The highest BCUT2D eigenvalue weighted by Crippen LogP contribution is 2.15. The summed E-state index contributed by atoms with van der Waals surface area (Å²) in [5.74, 6) is -0.999. The van der Waals surface area contributed by atoms with E-state index in [4.69, 9.17) is 0 Å². The van der Waals surface area contributed by atoms with Crippen LogP contribution in [0.3, 0.4) is 0 Å². The summed E-state index contributed by atoms with van der Waals surface area (Å²) in [6.07, 6.45) is 53.4. The lowest BCUT2D eigenvalue weighted by atomic mass is 10.0. The van der Waals surface area contributed by atoms with E-state index in [9.17, 15) is 22.9 Å². The number of carbonyl (C=O) groups excluding carboxylic acids is 1. The van der Waals surface area contributed by atoms with Gasteiger partial charge in [0.25, 0.3) is 10.1 Å². The van der Waals surface area contributed by atoms with Crippen LogP contribution in [0.15, 0.2) is 60.8 Å². The van der Waals surface area contributed by atoms with Gasteiger partial charge >= 0.3 is 0 Å². The van der Waals surface area contributed by atoms with Gasteiger partial charge in [0, 0.05) is 6.42 Å². The molecule has 0 aromatic rings. The van der Waals surface area contributed by atoms with Crippen molar-refractivity contribution in [1.82, 2.24) is 5.32 Å². The molecule has 1 amide bonds. The zero-order chi connectivity index (χ0) is 38.2. The van der Waals surface area contributed by atoms with Crippen molar-refractivity contribution in [3.63, 3.8) is 0 Å². The second-order valence-corrected chi connectivity index (χ2v) is 16.1. The lowest BCUT2D eigenvalue weighted by Crippen LogP contribution is -2.46. The van der Waals surface area contributed by atoms with E-state index in [0.29, 0.717) is 6.42 Å². The van der Waals surface area contributed by atoms with Crippen molar-refractivity contribution in [2.24, 2.45) is 0 Å². The summed E-state index contributed by atoms with van der Waals surface area (Å²) in [7, 11) is -4.35. The van der Waals surface area contributed by atoms with Crippen LogP contribution in [0.4, 0.5) is 0 Å².